The number of ether oxygens (including phenoxy) is 1. The number of methoxy groups -OCH3 is 1. The standard InChI is InChI=1S/C24H18N2O7S/c1-32-18-12-10-17(11-13-18)26-23(28)21(22(27)25-24(26)29)15-16-6-5-7-19(14-16)33-34(30,31)20-8-3-2-4-9-20/h2-15H,1H3,(H,25,27,29)/b21-15-. The van der Waals surface area contributed by atoms with E-state index in [4.69, 9.17) is 8.92 Å². The minimum Gasteiger partial charge on any atom is -0.497 e. The molecule has 1 aliphatic rings. The highest BCUT2D eigenvalue weighted by atomic mass is 32.2. The molecule has 9 nitrogen and oxygen atoms in total. The van der Waals surface area contributed by atoms with Crippen molar-refractivity contribution >= 4 is 39.7 Å². The number of barbiturate groups is 1. The molecule has 1 saturated heterocycles. The maximum Gasteiger partial charge on any atom is 0.339 e. The summed E-state index contributed by atoms with van der Waals surface area (Å²) in [7, 11) is -2.59. The highest BCUT2D eigenvalue weighted by molar-refractivity contribution is 7.87. The van der Waals surface area contributed by atoms with E-state index in [9.17, 15) is 22.8 Å². The summed E-state index contributed by atoms with van der Waals surface area (Å²) < 4.78 is 35.2. The first-order chi connectivity index (χ1) is 16.3. The molecule has 0 atom stereocenters. The van der Waals surface area contributed by atoms with Crippen molar-refractivity contribution in [1.29, 1.82) is 0 Å². The lowest BCUT2D eigenvalue weighted by molar-refractivity contribution is -0.122. The molecule has 0 aromatic heterocycles. The fourth-order valence-corrected chi connectivity index (χ4v) is 4.15. The average molecular weight is 478 g/mol. The largest absolute Gasteiger partial charge is 0.497 e. The van der Waals surface area contributed by atoms with Crippen LogP contribution >= 0.6 is 0 Å². The van der Waals surface area contributed by atoms with Gasteiger partial charge >= 0.3 is 16.1 Å². The van der Waals surface area contributed by atoms with Gasteiger partial charge in [-0.15, -0.1) is 0 Å². The summed E-state index contributed by atoms with van der Waals surface area (Å²) >= 11 is 0. The molecular weight excluding hydrogens is 460 g/mol. The molecule has 4 amide bonds. The third-order valence-corrected chi connectivity index (χ3v) is 6.10. The Morgan fingerprint density at radius 1 is 0.853 bits per heavy atom. The molecule has 0 bridgehead atoms. The van der Waals surface area contributed by atoms with Crippen molar-refractivity contribution in [1.82, 2.24) is 5.32 Å². The van der Waals surface area contributed by atoms with Gasteiger partial charge in [-0.1, -0.05) is 30.3 Å². The number of imide groups is 2. The highest BCUT2D eigenvalue weighted by Crippen LogP contribution is 2.25. The van der Waals surface area contributed by atoms with Crippen molar-refractivity contribution in [2.24, 2.45) is 0 Å². The molecule has 3 aromatic carbocycles. The molecule has 1 fully saturated rings. The zero-order valence-corrected chi connectivity index (χ0v) is 18.6. The van der Waals surface area contributed by atoms with Crippen LogP contribution in [0.3, 0.4) is 0 Å². The first-order valence-corrected chi connectivity index (χ1v) is 11.3. The third-order valence-electron chi connectivity index (χ3n) is 4.84. The van der Waals surface area contributed by atoms with Gasteiger partial charge in [0.15, 0.2) is 0 Å². The lowest BCUT2D eigenvalue weighted by Crippen LogP contribution is -2.54. The number of hydrogen-bond donors (Lipinski definition) is 1. The molecule has 0 spiro atoms. The SMILES string of the molecule is COc1ccc(N2C(=O)NC(=O)/C(=C/c3cccc(OS(=O)(=O)c4ccccc4)c3)C2=O)cc1. The van der Waals surface area contributed by atoms with Crippen LogP contribution in [0.2, 0.25) is 0 Å². The third kappa shape index (κ3) is 4.66. The van der Waals surface area contributed by atoms with Crippen LogP contribution < -0.4 is 19.1 Å². The van der Waals surface area contributed by atoms with Gasteiger partial charge in [-0.3, -0.25) is 14.9 Å². The van der Waals surface area contributed by atoms with Crippen molar-refractivity contribution < 1.29 is 31.7 Å². The predicted molar refractivity (Wildman–Crippen MR) is 123 cm³/mol. The van der Waals surface area contributed by atoms with E-state index in [2.05, 4.69) is 5.32 Å². The Balaban J connectivity index is 1.63. The molecule has 0 saturated carbocycles. The van der Waals surface area contributed by atoms with Crippen molar-refractivity contribution in [2.75, 3.05) is 12.0 Å². The summed E-state index contributed by atoms with van der Waals surface area (Å²) in [6.07, 6.45) is 1.25. The van der Waals surface area contributed by atoms with Gasteiger partial charge in [-0.2, -0.15) is 8.42 Å². The van der Waals surface area contributed by atoms with Crippen LogP contribution in [-0.2, 0) is 19.7 Å². The number of hydrogen-bond acceptors (Lipinski definition) is 7. The summed E-state index contributed by atoms with van der Waals surface area (Å²) in [5.74, 6) is -1.18. The maximum absolute atomic E-state index is 13.0. The zero-order valence-electron chi connectivity index (χ0n) is 17.8. The molecular formula is C24H18N2O7S. The summed E-state index contributed by atoms with van der Waals surface area (Å²) in [6, 6.07) is 18.8. The van der Waals surface area contributed by atoms with Gasteiger partial charge in [-0.25, -0.2) is 9.69 Å². The van der Waals surface area contributed by atoms with E-state index in [1.807, 2.05) is 0 Å². The molecule has 172 valence electrons. The molecule has 0 aliphatic carbocycles. The monoisotopic (exact) mass is 478 g/mol. The van der Waals surface area contributed by atoms with E-state index in [1.54, 1.807) is 36.4 Å². The number of anilines is 1. The van der Waals surface area contributed by atoms with E-state index in [-0.39, 0.29) is 21.9 Å². The van der Waals surface area contributed by atoms with Gasteiger partial charge in [0.25, 0.3) is 11.8 Å². The predicted octanol–water partition coefficient (Wildman–Crippen LogP) is 3.13. The maximum atomic E-state index is 13.0. The summed E-state index contributed by atoms with van der Waals surface area (Å²) in [5, 5.41) is 2.13. The van der Waals surface area contributed by atoms with Crippen molar-refractivity contribution in [2.45, 2.75) is 4.90 Å². The van der Waals surface area contributed by atoms with Crippen molar-refractivity contribution in [3.05, 3.63) is 90.0 Å². The van der Waals surface area contributed by atoms with Crippen LogP contribution in [-0.4, -0.2) is 33.4 Å². The van der Waals surface area contributed by atoms with Gasteiger partial charge in [0, 0.05) is 0 Å². The number of urea groups is 1. The molecule has 0 radical (unpaired) electrons. The average Bonchev–Trinajstić information content (AvgIpc) is 2.82. The number of benzene rings is 3. The number of nitrogens with one attached hydrogen (secondary N) is 1. The Labute approximate surface area is 195 Å². The molecule has 10 heteroatoms. The number of nitrogens with zero attached hydrogens (tertiary/aromatic N) is 1. The van der Waals surface area contributed by atoms with Crippen LogP contribution in [0.4, 0.5) is 10.5 Å². The van der Waals surface area contributed by atoms with Crippen molar-refractivity contribution in [3.63, 3.8) is 0 Å². The fraction of sp³-hybridized carbons (Fsp3) is 0.0417. The van der Waals surface area contributed by atoms with Crippen molar-refractivity contribution in [3.8, 4) is 11.5 Å². The van der Waals surface area contributed by atoms with Gasteiger partial charge in [0.05, 0.1) is 12.8 Å². The number of carbonyl (C=O) groups excluding carboxylic acids is 3. The van der Waals surface area contributed by atoms with Gasteiger partial charge in [0.2, 0.25) is 0 Å². The second-order valence-electron chi connectivity index (χ2n) is 7.08. The molecule has 1 heterocycles. The summed E-state index contributed by atoms with van der Waals surface area (Å²) in [4.78, 5) is 38.6. The van der Waals surface area contributed by atoms with E-state index in [1.165, 1.54) is 55.7 Å². The van der Waals surface area contributed by atoms with E-state index in [0.29, 0.717) is 11.3 Å². The molecule has 1 N–H and O–H groups in total. The molecule has 0 unspecified atom stereocenters. The smallest absolute Gasteiger partial charge is 0.339 e. The second-order valence-corrected chi connectivity index (χ2v) is 8.63. The Morgan fingerprint density at radius 2 is 1.56 bits per heavy atom. The van der Waals surface area contributed by atoms with Gasteiger partial charge in [0.1, 0.15) is 22.0 Å². The first-order valence-electron chi connectivity index (χ1n) is 9.93. The van der Waals surface area contributed by atoms with Gasteiger partial charge < -0.3 is 8.92 Å². The lowest BCUT2D eigenvalue weighted by atomic mass is 10.1. The molecule has 1 aliphatic heterocycles. The minimum absolute atomic E-state index is 0.00930. The van der Waals surface area contributed by atoms with Crippen LogP contribution in [0.15, 0.2) is 89.3 Å². The number of amides is 4. The second kappa shape index (κ2) is 9.20. The summed E-state index contributed by atoms with van der Waals surface area (Å²) in [6.45, 7) is 0. The number of carbonyl (C=O) groups is 3. The fourth-order valence-electron chi connectivity index (χ4n) is 3.21. The molecule has 4 rings (SSSR count). The Bertz CT molecular complexity index is 1400. The molecule has 3 aromatic rings. The van der Waals surface area contributed by atoms with Crippen LogP contribution in [0.25, 0.3) is 6.08 Å². The Kier molecular flexibility index (Phi) is 6.15. The lowest BCUT2D eigenvalue weighted by Gasteiger charge is -2.26. The number of rotatable bonds is 6. The normalized spacial score (nSPS) is 15.3. The van der Waals surface area contributed by atoms with E-state index in [0.717, 1.165) is 4.90 Å². The van der Waals surface area contributed by atoms with Crippen LogP contribution in [0.5, 0.6) is 11.5 Å². The topological polar surface area (TPSA) is 119 Å². The van der Waals surface area contributed by atoms with E-state index < -0.39 is 28.0 Å². The van der Waals surface area contributed by atoms with Gasteiger partial charge in [-0.05, 0) is 60.2 Å². The summed E-state index contributed by atoms with van der Waals surface area (Å²) in [5.41, 5.74) is 0.259. The highest BCUT2D eigenvalue weighted by Gasteiger charge is 2.36. The molecule has 34 heavy (non-hydrogen) atoms. The zero-order chi connectivity index (χ0) is 24.3. The first kappa shape index (κ1) is 22.7. The van der Waals surface area contributed by atoms with E-state index >= 15 is 0 Å². The minimum atomic E-state index is -4.07. The quantitative estimate of drug-likeness (QED) is 0.328. The Morgan fingerprint density at radius 3 is 2.24 bits per heavy atom. The Hall–Kier alpha value is -4.44. The van der Waals surface area contributed by atoms with Crippen LogP contribution in [0, 0.1) is 0 Å². The van der Waals surface area contributed by atoms with Crippen LogP contribution in [0.1, 0.15) is 5.56 Å².